The highest BCUT2D eigenvalue weighted by atomic mass is 16.1. The number of benzene rings is 2. The van der Waals surface area contributed by atoms with Crippen molar-refractivity contribution in [3.63, 3.8) is 0 Å². The lowest BCUT2D eigenvalue weighted by Crippen LogP contribution is -2.08. The molecule has 2 saturated carbocycles. The minimum atomic E-state index is 0.0969. The number of carbonyl (C=O) groups is 1. The van der Waals surface area contributed by atoms with Gasteiger partial charge in [0.15, 0.2) is 0 Å². The molecule has 0 N–H and O–H groups in total. The Morgan fingerprint density at radius 2 is 1.47 bits per heavy atom. The third-order valence-corrected chi connectivity index (χ3v) is 4.94. The Bertz CT molecular complexity index is 617. The maximum absolute atomic E-state index is 12.2. The van der Waals surface area contributed by atoms with Crippen LogP contribution in [0.4, 0.5) is 0 Å². The zero-order valence-electron chi connectivity index (χ0n) is 10.8. The molecule has 0 radical (unpaired) electrons. The molecule has 0 bridgehead atoms. The fourth-order valence-corrected chi connectivity index (χ4v) is 4.11. The standard InChI is InChI=1S/C18H16O/c19-15-11-12-18(14-9-5-2-6-10-14)16(17(15)18)13-7-3-1-4-8-13/h1-10,16-17H,11-12H2/t16-,17+,18+/m0/s1. The van der Waals surface area contributed by atoms with Gasteiger partial charge in [0.05, 0.1) is 0 Å². The predicted molar refractivity (Wildman–Crippen MR) is 75.0 cm³/mol. The average Bonchev–Trinajstić information content (AvgIpc) is 3.06. The van der Waals surface area contributed by atoms with Gasteiger partial charge in [0.25, 0.3) is 0 Å². The molecule has 2 aliphatic carbocycles. The maximum atomic E-state index is 12.2. The number of ketones is 1. The molecule has 0 aliphatic heterocycles. The molecule has 2 aliphatic rings. The molecule has 1 heteroatoms. The fraction of sp³-hybridized carbons (Fsp3) is 0.278. The molecule has 0 aromatic heterocycles. The lowest BCUT2D eigenvalue weighted by atomic mass is 9.88. The lowest BCUT2D eigenvalue weighted by molar-refractivity contribution is -0.119. The summed E-state index contributed by atoms with van der Waals surface area (Å²) >= 11 is 0. The van der Waals surface area contributed by atoms with E-state index >= 15 is 0 Å². The summed E-state index contributed by atoms with van der Waals surface area (Å²) in [5.74, 6) is 1.08. The molecule has 19 heavy (non-hydrogen) atoms. The number of fused-ring (bicyclic) bond motifs is 1. The summed E-state index contributed by atoms with van der Waals surface area (Å²) in [6.45, 7) is 0. The number of hydrogen-bond donors (Lipinski definition) is 0. The number of rotatable bonds is 2. The van der Waals surface area contributed by atoms with E-state index in [9.17, 15) is 4.79 Å². The van der Waals surface area contributed by atoms with Gasteiger partial charge in [-0.2, -0.15) is 0 Å². The Balaban J connectivity index is 1.81. The summed E-state index contributed by atoms with van der Waals surface area (Å²) in [5, 5.41) is 0. The third kappa shape index (κ3) is 1.39. The van der Waals surface area contributed by atoms with E-state index in [4.69, 9.17) is 0 Å². The number of hydrogen-bond acceptors (Lipinski definition) is 1. The van der Waals surface area contributed by atoms with Gasteiger partial charge in [0.2, 0.25) is 0 Å². The molecule has 0 unspecified atom stereocenters. The molecule has 2 fully saturated rings. The van der Waals surface area contributed by atoms with Gasteiger partial charge in [0.1, 0.15) is 5.78 Å². The monoisotopic (exact) mass is 248 g/mol. The second-order valence-electron chi connectivity index (χ2n) is 5.74. The van der Waals surface area contributed by atoms with Gasteiger partial charge in [-0.15, -0.1) is 0 Å². The Kier molecular flexibility index (Phi) is 2.20. The predicted octanol–water partition coefficient (Wildman–Crippen LogP) is 3.70. The molecule has 0 saturated heterocycles. The molecule has 0 heterocycles. The zero-order chi connectivity index (χ0) is 12.9. The van der Waals surface area contributed by atoms with Crippen molar-refractivity contribution in [3.8, 4) is 0 Å². The summed E-state index contributed by atoms with van der Waals surface area (Å²) in [6.07, 6.45) is 1.77. The van der Waals surface area contributed by atoms with Crippen molar-refractivity contribution in [2.75, 3.05) is 0 Å². The van der Waals surface area contributed by atoms with Gasteiger partial charge < -0.3 is 0 Å². The lowest BCUT2D eigenvalue weighted by Gasteiger charge is -2.15. The van der Waals surface area contributed by atoms with Crippen LogP contribution in [0.15, 0.2) is 60.7 Å². The van der Waals surface area contributed by atoms with Gasteiger partial charge in [0, 0.05) is 23.7 Å². The molecule has 2 aromatic rings. The first kappa shape index (κ1) is 11.0. The Hall–Kier alpha value is -1.89. The van der Waals surface area contributed by atoms with Gasteiger partial charge >= 0.3 is 0 Å². The van der Waals surface area contributed by atoms with Crippen LogP contribution in [0.2, 0.25) is 0 Å². The van der Waals surface area contributed by atoms with Crippen LogP contribution in [0.5, 0.6) is 0 Å². The first-order valence-corrected chi connectivity index (χ1v) is 6.97. The molecule has 2 aromatic carbocycles. The van der Waals surface area contributed by atoms with Gasteiger partial charge in [-0.25, -0.2) is 0 Å². The Morgan fingerprint density at radius 1 is 0.842 bits per heavy atom. The second kappa shape index (κ2) is 3.80. The van der Waals surface area contributed by atoms with E-state index in [1.54, 1.807) is 0 Å². The minimum Gasteiger partial charge on any atom is -0.299 e. The minimum absolute atomic E-state index is 0.0969. The highest BCUT2D eigenvalue weighted by Crippen LogP contribution is 2.72. The van der Waals surface area contributed by atoms with E-state index in [-0.39, 0.29) is 11.3 Å². The largest absolute Gasteiger partial charge is 0.299 e. The smallest absolute Gasteiger partial charge is 0.137 e. The molecule has 0 spiro atoms. The average molecular weight is 248 g/mol. The van der Waals surface area contributed by atoms with Crippen molar-refractivity contribution in [2.45, 2.75) is 24.2 Å². The molecular weight excluding hydrogens is 232 g/mol. The molecule has 3 atom stereocenters. The summed E-state index contributed by atoms with van der Waals surface area (Å²) in [7, 11) is 0. The number of carbonyl (C=O) groups excluding carboxylic acids is 1. The number of Topliss-reactive ketones (excluding diaryl/α,β-unsaturated/α-hetero) is 1. The summed E-state index contributed by atoms with van der Waals surface area (Å²) in [6, 6.07) is 21.1. The second-order valence-corrected chi connectivity index (χ2v) is 5.74. The Labute approximate surface area is 113 Å². The molecule has 4 rings (SSSR count). The highest BCUT2D eigenvalue weighted by Gasteiger charge is 2.71. The Morgan fingerprint density at radius 3 is 2.16 bits per heavy atom. The quantitative estimate of drug-likeness (QED) is 0.792. The van der Waals surface area contributed by atoms with Crippen molar-refractivity contribution in [1.82, 2.24) is 0 Å². The van der Waals surface area contributed by atoms with Crippen molar-refractivity contribution >= 4 is 5.78 Å². The zero-order valence-corrected chi connectivity index (χ0v) is 10.8. The van der Waals surface area contributed by atoms with Gasteiger partial charge in [-0.05, 0) is 17.5 Å². The van der Waals surface area contributed by atoms with Crippen LogP contribution in [0, 0.1) is 5.92 Å². The van der Waals surface area contributed by atoms with Crippen LogP contribution in [0.1, 0.15) is 29.9 Å². The van der Waals surface area contributed by atoms with E-state index in [0.29, 0.717) is 11.7 Å². The molecule has 1 nitrogen and oxygen atoms in total. The molecule has 94 valence electrons. The van der Waals surface area contributed by atoms with Crippen LogP contribution in [0.3, 0.4) is 0 Å². The van der Waals surface area contributed by atoms with Crippen LogP contribution < -0.4 is 0 Å². The first-order valence-electron chi connectivity index (χ1n) is 6.97. The first-order chi connectivity index (χ1) is 9.34. The van der Waals surface area contributed by atoms with E-state index in [1.165, 1.54) is 11.1 Å². The van der Waals surface area contributed by atoms with Gasteiger partial charge in [-0.3, -0.25) is 4.79 Å². The van der Waals surface area contributed by atoms with Crippen molar-refractivity contribution in [3.05, 3.63) is 71.8 Å². The summed E-state index contributed by atoms with van der Waals surface area (Å²) < 4.78 is 0. The van der Waals surface area contributed by atoms with E-state index < -0.39 is 0 Å². The van der Waals surface area contributed by atoms with Crippen molar-refractivity contribution in [2.24, 2.45) is 5.92 Å². The van der Waals surface area contributed by atoms with Crippen molar-refractivity contribution < 1.29 is 4.79 Å². The van der Waals surface area contributed by atoms with E-state index in [2.05, 4.69) is 48.5 Å². The van der Waals surface area contributed by atoms with Gasteiger partial charge in [-0.1, -0.05) is 60.7 Å². The van der Waals surface area contributed by atoms with Crippen molar-refractivity contribution in [1.29, 1.82) is 0 Å². The molecule has 0 amide bonds. The van der Waals surface area contributed by atoms with E-state index in [1.807, 2.05) is 12.1 Å². The molecular formula is C18H16O. The normalized spacial score (nSPS) is 32.1. The fourth-order valence-electron chi connectivity index (χ4n) is 4.11. The summed E-state index contributed by atoms with van der Waals surface area (Å²) in [5.41, 5.74) is 2.77. The van der Waals surface area contributed by atoms with Crippen LogP contribution in [-0.2, 0) is 10.2 Å². The summed E-state index contributed by atoms with van der Waals surface area (Å²) in [4.78, 5) is 12.2. The van der Waals surface area contributed by atoms with E-state index in [0.717, 1.165) is 12.8 Å². The topological polar surface area (TPSA) is 17.1 Å². The maximum Gasteiger partial charge on any atom is 0.137 e. The third-order valence-electron chi connectivity index (χ3n) is 4.94. The van der Waals surface area contributed by atoms with Crippen LogP contribution >= 0.6 is 0 Å². The van der Waals surface area contributed by atoms with Crippen LogP contribution in [-0.4, -0.2) is 5.78 Å². The highest BCUT2D eigenvalue weighted by molar-refractivity contribution is 5.92. The van der Waals surface area contributed by atoms with Crippen LogP contribution in [0.25, 0.3) is 0 Å². The SMILES string of the molecule is O=C1CC[C@]2(c3ccccc3)[C@H]1[C@@H]2c1ccccc1.